The lowest BCUT2D eigenvalue weighted by Gasteiger charge is -2.34. The molecule has 29 heavy (non-hydrogen) atoms. The van der Waals surface area contributed by atoms with Gasteiger partial charge in [-0.2, -0.15) is 0 Å². The summed E-state index contributed by atoms with van der Waals surface area (Å²) in [5.41, 5.74) is 1.75. The van der Waals surface area contributed by atoms with Crippen LogP contribution in [0, 0.1) is 11.7 Å². The zero-order valence-electron chi connectivity index (χ0n) is 16.1. The lowest BCUT2D eigenvalue weighted by Crippen LogP contribution is -2.34. The summed E-state index contributed by atoms with van der Waals surface area (Å²) in [6.07, 6.45) is 3.34. The van der Waals surface area contributed by atoms with E-state index in [4.69, 9.17) is 11.6 Å². The van der Waals surface area contributed by atoms with E-state index in [1.165, 1.54) is 18.3 Å². The molecule has 0 aliphatic carbocycles. The van der Waals surface area contributed by atoms with Gasteiger partial charge in [-0.3, -0.25) is 4.98 Å². The molecule has 2 heterocycles. The van der Waals surface area contributed by atoms with Gasteiger partial charge in [0.15, 0.2) is 9.84 Å². The predicted octanol–water partition coefficient (Wildman–Crippen LogP) is 5.24. The number of hydrogen-bond donors (Lipinski definition) is 0. The number of anilines is 1. The molecule has 0 spiro atoms. The van der Waals surface area contributed by atoms with Crippen molar-refractivity contribution in [1.29, 1.82) is 0 Å². The van der Waals surface area contributed by atoms with Crippen LogP contribution >= 0.6 is 11.6 Å². The lowest BCUT2D eigenvalue weighted by atomic mass is 9.98. The maximum absolute atomic E-state index is 14.1. The first-order valence-corrected chi connectivity index (χ1v) is 11.7. The summed E-state index contributed by atoms with van der Waals surface area (Å²) in [7, 11) is -3.71. The van der Waals surface area contributed by atoms with Crippen LogP contribution in [-0.2, 0) is 15.6 Å². The summed E-state index contributed by atoms with van der Waals surface area (Å²) in [6.45, 7) is 3.66. The minimum absolute atomic E-state index is 0.144. The molecule has 7 heteroatoms. The van der Waals surface area contributed by atoms with Crippen LogP contribution in [0.1, 0.15) is 25.3 Å². The van der Waals surface area contributed by atoms with Gasteiger partial charge in [-0.15, -0.1) is 0 Å². The van der Waals surface area contributed by atoms with E-state index < -0.39 is 15.7 Å². The molecule has 1 saturated heterocycles. The molecule has 0 bridgehead atoms. The Hall–Kier alpha value is -2.18. The largest absolute Gasteiger partial charge is 0.370 e. The van der Waals surface area contributed by atoms with Gasteiger partial charge in [-0.25, -0.2) is 12.8 Å². The highest BCUT2D eigenvalue weighted by Gasteiger charge is 2.27. The van der Waals surface area contributed by atoms with Crippen LogP contribution in [0.25, 0.3) is 10.9 Å². The summed E-state index contributed by atoms with van der Waals surface area (Å²) >= 11 is 6.02. The molecule has 152 valence electrons. The van der Waals surface area contributed by atoms with Crippen molar-refractivity contribution in [2.45, 2.75) is 30.4 Å². The quantitative estimate of drug-likeness (QED) is 0.565. The van der Waals surface area contributed by atoms with Crippen LogP contribution in [0.15, 0.2) is 53.6 Å². The molecular formula is C22H22ClFN2O2S. The van der Waals surface area contributed by atoms with E-state index in [1.54, 1.807) is 30.3 Å². The molecule has 0 atom stereocenters. The molecule has 1 aliphatic rings. The van der Waals surface area contributed by atoms with E-state index >= 15 is 0 Å². The second kappa shape index (κ2) is 7.92. The normalized spacial score (nSPS) is 15.8. The second-order valence-electron chi connectivity index (χ2n) is 7.69. The number of sulfone groups is 1. The van der Waals surface area contributed by atoms with Crippen molar-refractivity contribution in [3.8, 4) is 0 Å². The molecule has 4 rings (SSSR count). The lowest BCUT2D eigenvalue weighted by molar-refractivity contribution is 0.437. The summed E-state index contributed by atoms with van der Waals surface area (Å²) in [6, 6.07) is 11.1. The Morgan fingerprint density at radius 1 is 1.17 bits per heavy atom. The zero-order chi connectivity index (χ0) is 20.6. The number of nitrogens with zero attached hydrogens (tertiary/aromatic N) is 2. The average Bonchev–Trinajstić information content (AvgIpc) is 2.67. The molecule has 2 aromatic carbocycles. The molecule has 0 amide bonds. The number of fused-ring (bicyclic) bond motifs is 1. The number of piperidine rings is 1. The van der Waals surface area contributed by atoms with Gasteiger partial charge in [0.05, 0.1) is 17.0 Å². The first kappa shape index (κ1) is 20.1. The van der Waals surface area contributed by atoms with Crippen LogP contribution < -0.4 is 4.90 Å². The zero-order valence-corrected chi connectivity index (χ0v) is 17.7. The maximum Gasteiger partial charge on any atom is 0.186 e. The van der Waals surface area contributed by atoms with Crippen LogP contribution in [0.3, 0.4) is 0 Å². The fourth-order valence-electron chi connectivity index (χ4n) is 3.84. The van der Waals surface area contributed by atoms with Gasteiger partial charge in [0.25, 0.3) is 0 Å². The Morgan fingerprint density at radius 2 is 1.93 bits per heavy atom. The van der Waals surface area contributed by atoms with Crippen molar-refractivity contribution in [3.05, 3.63) is 65.1 Å². The molecule has 1 aliphatic heterocycles. The van der Waals surface area contributed by atoms with Gasteiger partial charge in [0.1, 0.15) is 10.7 Å². The molecule has 1 aromatic heterocycles. The highest BCUT2D eigenvalue weighted by atomic mass is 35.5. The Bertz CT molecular complexity index is 1160. The number of halogens is 2. The van der Waals surface area contributed by atoms with Gasteiger partial charge >= 0.3 is 0 Å². The molecule has 0 N–H and O–H groups in total. The Labute approximate surface area is 175 Å². The smallest absolute Gasteiger partial charge is 0.186 e. The summed E-state index contributed by atoms with van der Waals surface area (Å²) in [4.78, 5) is 6.53. The van der Waals surface area contributed by atoms with Crippen molar-refractivity contribution in [3.63, 3.8) is 0 Å². The molecule has 3 aromatic rings. The topological polar surface area (TPSA) is 50.3 Å². The van der Waals surface area contributed by atoms with Crippen LogP contribution in [0.4, 0.5) is 10.1 Å². The standard InChI is InChI=1S/C22H22ClFN2O2S/c1-15-7-9-26(10-8-15)22-19-12-18(24)5-6-20(19)25-13-21(22)29(27,28)14-16-3-2-4-17(23)11-16/h2-6,11-13,15H,7-10,14H2,1H3. The third kappa shape index (κ3) is 4.23. The monoisotopic (exact) mass is 432 g/mol. The number of benzene rings is 2. The first-order valence-electron chi connectivity index (χ1n) is 9.64. The van der Waals surface area contributed by atoms with E-state index in [0.717, 1.165) is 25.9 Å². The number of hydrogen-bond acceptors (Lipinski definition) is 4. The van der Waals surface area contributed by atoms with Gasteiger partial charge in [0, 0.05) is 29.7 Å². The second-order valence-corrected chi connectivity index (χ2v) is 10.1. The summed E-state index contributed by atoms with van der Waals surface area (Å²) in [5.74, 6) is -0.00857. The minimum atomic E-state index is -3.71. The van der Waals surface area contributed by atoms with Crippen molar-refractivity contribution in [2.24, 2.45) is 5.92 Å². The van der Waals surface area contributed by atoms with Crippen molar-refractivity contribution >= 4 is 38.0 Å². The van der Waals surface area contributed by atoms with E-state index in [-0.39, 0.29) is 10.6 Å². The molecule has 1 fully saturated rings. The number of rotatable bonds is 4. The van der Waals surface area contributed by atoms with E-state index in [1.807, 2.05) is 0 Å². The number of aromatic nitrogens is 1. The molecule has 4 nitrogen and oxygen atoms in total. The first-order chi connectivity index (χ1) is 13.8. The van der Waals surface area contributed by atoms with E-state index in [0.29, 0.717) is 33.1 Å². The van der Waals surface area contributed by atoms with Crippen molar-refractivity contribution in [2.75, 3.05) is 18.0 Å². The molecule has 0 unspecified atom stereocenters. The van der Waals surface area contributed by atoms with Gasteiger partial charge in [-0.05, 0) is 54.7 Å². The Balaban J connectivity index is 1.85. The van der Waals surface area contributed by atoms with Gasteiger partial charge in [0.2, 0.25) is 0 Å². The highest BCUT2D eigenvalue weighted by molar-refractivity contribution is 7.90. The third-order valence-corrected chi connectivity index (χ3v) is 7.37. The molecule has 0 radical (unpaired) electrons. The summed E-state index contributed by atoms with van der Waals surface area (Å²) in [5, 5.41) is 1.02. The third-order valence-electron chi connectivity index (χ3n) is 5.45. The van der Waals surface area contributed by atoms with Crippen LogP contribution in [-0.4, -0.2) is 26.5 Å². The maximum atomic E-state index is 14.1. The fourth-order valence-corrected chi connectivity index (χ4v) is 5.58. The molecular weight excluding hydrogens is 411 g/mol. The van der Waals surface area contributed by atoms with E-state index in [9.17, 15) is 12.8 Å². The summed E-state index contributed by atoms with van der Waals surface area (Å²) < 4.78 is 40.8. The fraction of sp³-hybridized carbons (Fsp3) is 0.318. The Kier molecular flexibility index (Phi) is 5.49. The Morgan fingerprint density at radius 3 is 2.66 bits per heavy atom. The van der Waals surface area contributed by atoms with Gasteiger partial charge < -0.3 is 4.90 Å². The average molecular weight is 433 g/mol. The highest BCUT2D eigenvalue weighted by Crippen LogP contribution is 2.36. The number of pyridine rings is 1. The van der Waals surface area contributed by atoms with Crippen LogP contribution in [0.2, 0.25) is 5.02 Å². The van der Waals surface area contributed by atoms with E-state index in [2.05, 4.69) is 16.8 Å². The molecule has 0 saturated carbocycles. The van der Waals surface area contributed by atoms with Gasteiger partial charge in [-0.1, -0.05) is 30.7 Å². The SMILES string of the molecule is CC1CCN(c2c(S(=O)(=O)Cc3cccc(Cl)c3)cnc3ccc(F)cc23)CC1. The minimum Gasteiger partial charge on any atom is -0.370 e. The van der Waals surface area contributed by atoms with Crippen molar-refractivity contribution in [1.82, 2.24) is 4.98 Å². The van der Waals surface area contributed by atoms with Crippen molar-refractivity contribution < 1.29 is 12.8 Å². The predicted molar refractivity (Wildman–Crippen MR) is 115 cm³/mol. The van der Waals surface area contributed by atoms with Crippen LogP contribution in [0.5, 0.6) is 0 Å².